The van der Waals surface area contributed by atoms with Crippen LogP contribution in [0.1, 0.15) is 22.3 Å². The van der Waals surface area contributed by atoms with E-state index < -0.39 is 0 Å². The van der Waals surface area contributed by atoms with Gasteiger partial charge in [0, 0.05) is 36.8 Å². The molecule has 2 heterocycles. The zero-order chi connectivity index (χ0) is 22.8. The molecule has 2 aliphatic rings. The van der Waals surface area contributed by atoms with E-state index in [0.29, 0.717) is 47.5 Å². The number of ether oxygens (including phenoxy) is 2. The number of hydrogen-bond donors (Lipinski definition) is 0. The van der Waals surface area contributed by atoms with Crippen molar-refractivity contribution in [1.82, 2.24) is 9.80 Å². The normalized spacial score (nSPS) is 15.4. The molecule has 168 valence electrons. The monoisotopic (exact) mass is 461 g/mol. The summed E-state index contributed by atoms with van der Waals surface area (Å²) >= 11 is 5.98. The molecule has 0 saturated carbocycles. The second-order valence-electron chi connectivity index (χ2n) is 7.98. The number of fused-ring (bicyclic) bond motifs is 2. The van der Waals surface area contributed by atoms with Crippen LogP contribution in [0.2, 0.25) is 5.02 Å². The first kappa shape index (κ1) is 21.3. The third-order valence-corrected chi connectivity index (χ3v) is 6.17. The van der Waals surface area contributed by atoms with Crippen LogP contribution in [0.5, 0.6) is 17.2 Å². The average molecular weight is 462 g/mol. The number of benzene rings is 3. The third kappa shape index (κ3) is 4.26. The topological polar surface area (TPSA) is 54.4 Å². The van der Waals surface area contributed by atoms with E-state index in [1.54, 1.807) is 31.4 Å². The molecule has 6 nitrogen and oxygen atoms in total. The van der Waals surface area contributed by atoms with Gasteiger partial charge in [-0.3, -0.25) is 4.79 Å². The van der Waals surface area contributed by atoms with Gasteiger partial charge in [-0.25, -0.2) is 4.99 Å². The van der Waals surface area contributed by atoms with Crippen LogP contribution < -0.4 is 9.47 Å². The second kappa shape index (κ2) is 9.16. The summed E-state index contributed by atoms with van der Waals surface area (Å²) < 4.78 is 11.9. The number of aliphatic imine (C=N–C) groups is 1. The van der Waals surface area contributed by atoms with E-state index in [1.165, 1.54) is 0 Å². The summed E-state index contributed by atoms with van der Waals surface area (Å²) in [7, 11) is 1.64. The van der Waals surface area contributed by atoms with E-state index in [2.05, 4.69) is 4.90 Å². The molecular formula is C26H24ClN3O3. The fourth-order valence-corrected chi connectivity index (χ4v) is 4.35. The highest BCUT2D eigenvalue weighted by Gasteiger charge is 2.28. The number of carbonyl (C=O) groups is 1. The van der Waals surface area contributed by atoms with Crippen molar-refractivity contribution in [2.75, 3.05) is 33.3 Å². The molecule has 1 saturated heterocycles. The van der Waals surface area contributed by atoms with Gasteiger partial charge in [-0.2, -0.15) is 0 Å². The van der Waals surface area contributed by atoms with Crippen LogP contribution in [0.4, 0.5) is 5.69 Å². The van der Waals surface area contributed by atoms with Crippen molar-refractivity contribution in [1.29, 1.82) is 0 Å². The fraction of sp³-hybridized carbons (Fsp3) is 0.231. The van der Waals surface area contributed by atoms with Crippen molar-refractivity contribution in [2.24, 2.45) is 4.99 Å². The zero-order valence-corrected chi connectivity index (χ0v) is 19.1. The first-order valence-corrected chi connectivity index (χ1v) is 11.3. The van der Waals surface area contributed by atoms with Crippen molar-refractivity contribution in [3.63, 3.8) is 0 Å². The third-order valence-electron chi connectivity index (χ3n) is 5.92. The van der Waals surface area contributed by atoms with Crippen molar-refractivity contribution in [3.8, 4) is 17.2 Å². The Labute approximate surface area is 198 Å². The van der Waals surface area contributed by atoms with Gasteiger partial charge >= 0.3 is 0 Å². The Bertz CT molecular complexity index is 1210. The predicted molar refractivity (Wildman–Crippen MR) is 129 cm³/mol. The molecule has 0 radical (unpaired) electrons. The van der Waals surface area contributed by atoms with E-state index in [1.807, 2.05) is 47.4 Å². The molecule has 0 bridgehead atoms. The van der Waals surface area contributed by atoms with Gasteiger partial charge in [-0.05, 0) is 55.0 Å². The van der Waals surface area contributed by atoms with E-state index >= 15 is 0 Å². The summed E-state index contributed by atoms with van der Waals surface area (Å²) in [4.78, 5) is 22.2. The second-order valence-corrected chi connectivity index (χ2v) is 8.42. The number of halogens is 1. The van der Waals surface area contributed by atoms with Crippen LogP contribution in [0, 0.1) is 0 Å². The minimum Gasteiger partial charge on any atom is -0.493 e. The van der Waals surface area contributed by atoms with Crippen molar-refractivity contribution >= 4 is 29.0 Å². The highest BCUT2D eigenvalue weighted by molar-refractivity contribution is 6.30. The first-order chi connectivity index (χ1) is 16.1. The van der Waals surface area contributed by atoms with Crippen molar-refractivity contribution in [2.45, 2.75) is 6.42 Å². The average Bonchev–Trinajstić information content (AvgIpc) is 3.19. The summed E-state index contributed by atoms with van der Waals surface area (Å²) in [6.45, 7) is 2.73. The van der Waals surface area contributed by atoms with Crippen LogP contribution in [0.25, 0.3) is 0 Å². The number of amidine groups is 1. The molecule has 3 aromatic rings. The van der Waals surface area contributed by atoms with Gasteiger partial charge in [-0.1, -0.05) is 29.8 Å². The molecule has 2 aliphatic heterocycles. The number of rotatable bonds is 2. The van der Waals surface area contributed by atoms with Gasteiger partial charge in [0.1, 0.15) is 11.5 Å². The summed E-state index contributed by atoms with van der Waals surface area (Å²) in [5, 5.41) is 0.622. The van der Waals surface area contributed by atoms with Gasteiger partial charge in [0.05, 0.1) is 12.7 Å². The molecule has 0 spiro atoms. The highest BCUT2D eigenvalue weighted by atomic mass is 35.5. The maximum Gasteiger partial charge on any atom is 0.253 e. The van der Waals surface area contributed by atoms with Gasteiger partial charge in [0.15, 0.2) is 17.2 Å². The van der Waals surface area contributed by atoms with Crippen LogP contribution in [0.3, 0.4) is 0 Å². The Balaban J connectivity index is 1.45. The van der Waals surface area contributed by atoms with Gasteiger partial charge in [-0.15, -0.1) is 0 Å². The SMILES string of the molecule is COc1cccc2c1Oc1ccccc1N=C2N1CCCN(C(=O)c2ccc(Cl)cc2)CC1. The highest BCUT2D eigenvalue weighted by Crippen LogP contribution is 2.42. The number of para-hydroxylation sites is 3. The smallest absolute Gasteiger partial charge is 0.253 e. The first-order valence-electron chi connectivity index (χ1n) is 11.0. The lowest BCUT2D eigenvalue weighted by atomic mass is 10.1. The molecule has 0 N–H and O–H groups in total. The summed E-state index contributed by atoms with van der Waals surface area (Å²) in [6.07, 6.45) is 0.833. The quantitative estimate of drug-likeness (QED) is 0.514. The van der Waals surface area contributed by atoms with Gasteiger partial charge in [0.25, 0.3) is 5.91 Å². The molecular weight excluding hydrogens is 438 g/mol. The zero-order valence-electron chi connectivity index (χ0n) is 18.3. The van der Waals surface area contributed by atoms with E-state index in [4.69, 9.17) is 26.1 Å². The minimum absolute atomic E-state index is 0.0204. The number of nitrogens with zero attached hydrogens (tertiary/aromatic N) is 3. The van der Waals surface area contributed by atoms with Gasteiger partial charge in [0.2, 0.25) is 0 Å². The molecule has 0 atom stereocenters. The molecule has 33 heavy (non-hydrogen) atoms. The number of methoxy groups -OCH3 is 1. The summed E-state index contributed by atoms with van der Waals surface area (Å²) in [5.41, 5.74) is 2.30. The lowest BCUT2D eigenvalue weighted by molar-refractivity contribution is 0.0764. The predicted octanol–water partition coefficient (Wildman–Crippen LogP) is 5.38. The van der Waals surface area contributed by atoms with Crippen LogP contribution in [-0.2, 0) is 0 Å². The molecule has 0 aliphatic carbocycles. The fourth-order valence-electron chi connectivity index (χ4n) is 4.23. The van der Waals surface area contributed by atoms with Crippen molar-refractivity contribution in [3.05, 3.63) is 82.9 Å². The molecule has 0 unspecified atom stereocenters. The minimum atomic E-state index is 0.0204. The Hall–Kier alpha value is -3.51. The van der Waals surface area contributed by atoms with E-state index in [9.17, 15) is 4.79 Å². The van der Waals surface area contributed by atoms with E-state index in [0.717, 1.165) is 30.1 Å². The maximum atomic E-state index is 13.0. The maximum absolute atomic E-state index is 13.0. The number of amides is 1. The van der Waals surface area contributed by atoms with Gasteiger partial charge < -0.3 is 19.3 Å². The Morgan fingerprint density at radius 3 is 2.61 bits per heavy atom. The standard InChI is InChI=1S/C26H24ClN3O3/c1-32-23-9-4-6-20-24(23)33-22-8-3-2-7-21(22)28-25(20)29-14-5-15-30(17-16-29)26(31)18-10-12-19(27)13-11-18/h2-4,6-13H,5,14-17H2,1H3. The van der Waals surface area contributed by atoms with Crippen LogP contribution >= 0.6 is 11.6 Å². The molecule has 0 aromatic heterocycles. The lowest BCUT2D eigenvalue weighted by Gasteiger charge is -2.25. The molecule has 3 aromatic carbocycles. The molecule has 5 rings (SSSR count). The van der Waals surface area contributed by atoms with Crippen LogP contribution in [0.15, 0.2) is 71.7 Å². The van der Waals surface area contributed by atoms with Crippen molar-refractivity contribution < 1.29 is 14.3 Å². The van der Waals surface area contributed by atoms with E-state index in [-0.39, 0.29) is 5.91 Å². The molecule has 1 fully saturated rings. The Kier molecular flexibility index (Phi) is 5.92. The number of hydrogen-bond acceptors (Lipinski definition) is 5. The largest absolute Gasteiger partial charge is 0.493 e. The molecule has 1 amide bonds. The Morgan fingerprint density at radius 1 is 0.970 bits per heavy atom. The Morgan fingerprint density at radius 2 is 1.79 bits per heavy atom. The van der Waals surface area contributed by atoms with Crippen LogP contribution in [-0.4, -0.2) is 54.8 Å². The molecule has 7 heteroatoms. The summed E-state index contributed by atoms with van der Waals surface area (Å²) in [6, 6.07) is 20.6. The lowest BCUT2D eigenvalue weighted by Crippen LogP contribution is -2.37. The summed E-state index contributed by atoms with van der Waals surface area (Å²) in [5.74, 6) is 2.85. The number of carbonyl (C=O) groups excluding carboxylic acids is 1.